The highest BCUT2D eigenvalue weighted by Gasteiger charge is 2.36. The van der Waals surface area contributed by atoms with E-state index < -0.39 is 24.1 Å². The van der Waals surface area contributed by atoms with Crippen LogP contribution in [-0.4, -0.2) is 61.5 Å². The number of aliphatic hydroxyl groups is 1. The number of hydrogen-bond acceptors (Lipinski definition) is 4. The fourth-order valence-corrected chi connectivity index (χ4v) is 2.67. The van der Waals surface area contributed by atoms with Gasteiger partial charge in [0.15, 0.2) is 0 Å². The van der Waals surface area contributed by atoms with E-state index in [4.69, 9.17) is 21.1 Å². The second-order valence-corrected chi connectivity index (χ2v) is 5.69. The lowest BCUT2D eigenvalue weighted by Crippen LogP contribution is -2.57. The van der Waals surface area contributed by atoms with Crippen LogP contribution in [0.2, 0.25) is 5.02 Å². The average molecular weight is 332 g/mol. The molecule has 1 heterocycles. The summed E-state index contributed by atoms with van der Waals surface area (Å²) in [6.45, 7) is 0.528. The predicted octanol–water partition coefficient (Wildman–Crippen LogP) is 1.25. The lowest BCUT2D eigenvalue weighted by Gasteiger charge is -2.38. The molecule has 2 rings (SSSR count). The van der Waals surface area contributed by atoms with Gasteiger partial charge in [0.2, 0.25) is 5.91 Å². The smallest absolute Gasteiger partial charge is 0.227 e. The molecule has 1 saturated heterocycles. The molecule has 1 fully saturated rings. The van der Waals surface area contributed by atoms with Crippen molar-refractivity contribution in [3.05, 3.63) is 34.6 Å². The Labute approximate surface area is 133 Å². The molecule has 0 saturated carbocycles. The predicted molar refractivity (Wildman–Crippen MR) is 79.3 cm³/mol. The summed E-state index contributed by atoms with van der Waals surface area (Å²) in [6, 6.07) is 3.41. The van der Waals surface area contributed by atoms with Crippen LogP contribution < -0.4 is 0 Å². The Morgan fingerprint density at radius 2 is 2.27 bits per heavy atom. The van der Waals surface area contributed by atoms with Gasteiger partial charge in [-0.25, -0.2) is 4.39 Å². The first kappa shape index (κ1) is 17.1. The van der Waals surface area contributed by atoms with Crippen molar-refractivity contribution in [3.63, 3.8) is 0 Å². The van der Waals surface area contributed by atoms with Crippen molar-refractivity contribution < 1.29 is 23.8 Å². The van der Waals surface area contributed by atoms with Crippen molar-refractivity contribution in [1.82, 2.24) is 4.90 Å². The molecule has 0 bridgehead atoms. The lowest BCUT2D eigenvalue weighted by atomic mass is 10.0. The number of aliphatic hydroxyl groups excluding tert-OH is 1. The number of rotatable bonds is 4. The molecule has 22 heavy (non-hydrogen) atoms. The number of halogens is 2. The van der Waals surface area contributed by atoms with E-state index in [0.29, 0.717) is 12.2 Å². The summed E-state index contributed by atoms with van der Waals surface area (Å²) in [7, 11) is 3.08. The highest BCUT2D eigenvalue weighted by atomic mass is 35.5. The molecule has 1 aromatic rings. The first-order valence-electron chi connectivity index (χ1n) is 6.92. The van der Waals surface area contributed by atoms with Gasteiger partial charge >= 0.3 is 0 Å². The van der Waals surface area contributed by atoms with Gasteiger partial charge in [0.1, 0.15) is 18.0 Å². The first-order chi connectivity index (χ1) is 10.4. The van der Waals surface area contributed by atoms with Crippen molar-refractivity contribution in [2.45, 2.75) is 24.7 Å². The van der Waals surface area contributed by atoms with Gasteiger partial charge in [0.25, 0.3) is 0 Å². The molecular formula is C15H19ClFNO4. The monoisotopic (exact) mass is 331 g/mol. The van der Waals surface area contributed by atoms with Crippen molar-refractivity contribution in [1.29, 1.82) is 0 Å². The zero-order valence-electron chi connectivity index (χ0n) is 12.5. The maximum atomic E-state index is 13.0. The number of ether oxygens (including phenoxy) is 2. The third-order valence-corrected chi connectivity index (χ3v) is 4.25. The maximum Gasteiger partial charge on any atom is 0.227 e. The van der Waals surface area contributed by atoms with E-state index in [2.05, 4.69) is 0 Å². The van der Waals surface area contributed by atoms with E-state index in [1.807, 2.05) is 0 Å². The van der Waals surface area contributed by atoms with E-state index in [1.165, 1.54) is 30.2 Å². The molecular weight excluding hydrogens is 313 g/mol. The normalized spacial score (nSPS) is 25.0. The SMILES string of the molecule is CO[C@@H]1COC[C@@H](N(C)C(=O)Cc2ccc(F)cc2Cl)[C@@H]1O. The molecule has 1 amide bonds. The summed E-state index contributed by atoms with van der Waals surface area (Å²) < 4.78 is 23.5. The number of carbonyl (C=O) groups is 1. The van der Waals surface area contributed by atoms with Gasteiger partial charge in [-0.1, -0.05) is 17.7 Å². The second-order valence-electron chi connectivity index (χ2n) is 5.29. The van der Waals surface area contributed by atoms with Crippen molar-refractivity contribution in [3.8, 4) is 0 Å². The van der Waals surface area contributed by atoms with Crippen LogP contribution in [0, 0.1) is 5.82 Å². The first-order valence-corrected chi connectivity index (χ1v) is 7.30. The Morgan fingerprint density at radius 3 is 2.91 bits per heavy atom. The summed E-state index contributed by atoms with van der Waals surface area (Å²) in [6.07, 6.45) is -1.27. The minimum Gasteiger partial charge on any atom is -0.388 e. The topological polar surface area (TPSA) is 59.0 Å². The third kappa shape index (κ3) is 3.76. The van der Waals surface area contributed by atoms with Gasteiger partial charge in [0, 0.05) is 19.2 Å². The summed E-state index contributed by atoms with van der Waals surface area (Å²) in [5, 5.41) is 10.4. The molecule has 1 aliphatic heterocycles. The standard InChI is InChI=1S/C15H19ClFNO4/c1-18(12-7-22-8-13(21-2)15(12)20)14(19)5-9-3-4-10(17)6-11(9)16/h3-4,6,12-13,15,20H,5,7-8H2,1-2H3/t12-,13-,15+/m1/s1. The van der Waals surface area contributed by atoms with E-state index in [-0.39, 0.29) is 24.0 Å². The average Bonchev–Trinajstić information content (AvgIpc) is 2.49. The maximum absolute atomic E-state index is 13.0. The molecule has 1 aromatic carbocycles. The second kappa shape index (κ2) is 7.37. The van der Waals surface area contributed by atoms with Crippen LogP contribution in [0.25, 0.3) is 0 Å². The van der Waals surface area contributed by atoms with Gasteiger partial charge in [0.05, 0.1) is 25.7 Å². The van der Waals surface area contributed by atoms with Crippen LogP contribution in [0.4, 0.5) is 4.39 Å². The highest BCUT2D eigenvalue weighted by molar-refractivity contribution is 6.31. The summed E-state index contributed by atoms with van der Waals surface area (Å²) in [5.41, 5.74) is 0.537. The minimum absolute atomic E-state index is 0.0243. The van der Waals surface area contributed by atoms with Crippen LogP contribution in [0.15, 0.2) is 18.2 Å². The molecule has 0 unspecified atom stereocenters. The minimum atomic E-state index is -0.823. The summed E-state index contributed by atoms with van der Waals surface area (Å²) in [4.78, 5) is 13.8. The Balaban J connectivity index is 2.05. The molecule has 7 heteroatoms. The number of carbonyl (C=O) groups excluding carboxylic acids is 1. The number of methoxy groups -OCH3 is 1. The number of benzene rings is 1. The molecule has 0 radical (unpaired) electrons. The number of hydrogen-bond donors (Lipinski definition) is 1. The van der Waals surface area contributed by atoms with E-state index in [9.17, 15) is 14.3 Å². The van der Waals surface area contributed by atoms with E-state index in [0.717, 1.165) is 0 Å². The molecule has 1 N–H and O–H groups in total. The highest BCUT2D eigenvalue weighted by Crippen LogP contribution is 2.20. The van der Waals surface area contributed by atoms with Crippen LogP contribution in [0.3, 0.4) is 0 Å². The zero-order chi connectivity index (χ0) is 16.3. The molecule has 5 nitrogen and oxygen atoms in total. The zero-order valence-corrected chi connectivity index (χ0v) is 13.2. The van der Waals surface area contributed by atoms with Crippen LogP contribution >= 0.6 is 11.6 Å². The van der Waals surface area contributed by atoms with Gasteiger partial charge in [-0.3, -0.25) is 4.79 Å². The molecule has 0 aliphatic carbocycles. The van der Waals surface area contributed by atoms with Crippen LogP contribution in [0.5, 0.6) is 0 Å². The van der Waals surface area contributed by atoms with E-state index in [1.54, 1.807) is 7.05 Å². The van der Waals surface area contributed by atoms with Gasteiger partial charge in [-0.05, 0) is 17.7 Å². The van der Waals surface area contributed by atoms with Crippen molar-refractivity contribution in [2.75, 3.05) is 27.4 Å². The fraction of sp³-hybridized carbons (Fsp3) is 0.533. The Morgan fingerprint density at radius 1 is 1.55 bits per heavy atom. The largest absolute Gasteiger partial charge is 0.388 e. The Kier molecular flexibility index (Phi) is 5.74. The van der Waals surface area contributed by atoms with Crippen LogP contribution in [-0.2, 0) is 20.7 Å². The number of amides is 1. The molecule has 0 spiro atoms. The van der Waals surface area contributed by atoms with Crippen molar-refractivity contribution in [2.24, 2.45) is 0 Å². The quantitative estimate of drug-likeness (QED) is 0.902. The number of nitrogens with zero attached hydrogens (tertiary/aromatic N) is 1. The summed E-state index contributed by atoms with van der Waals surface area (Å²) in [5.74, 6) is -0.688. The third-order valence-electron chi connectivity index (χ3n) is 3.90. The molecule has 0 aromatic heterocycles. The van der Waals surface area contributed by atoms with Gasteiger partial charge in [-0.2, -0.15) is 0 Å². The van der Waals surface area contributed by atoms with Crippen LogP contribution in [0.1, 0.15) is 5.56 Å². The van der Waals surface area contributed by atoms with Crippen molar-refractivity contribution >= 4 is 17.5 Å². The van der Waals surface area contributed by atoms with E-state index >= 15 is 0 Å². The number of likely N-dealkylation sites (N-methyl/N-ethyl adjacent to an activating group) is 1. The van der Waals surface area contributed by atoms with Gasteiger partial charge < -0.3 is 19.5 Å². The molecule has 122 valence electrons. The molecule has 1 aliphatic rings. The van der Waals surface area contributed by atoms with Gasteiger partial charge in [-0.15, -0.1) is 0 Å². The Hall–Kier alpha value is -1.21. The molecule has 3 atom stereocenters. The summed E-state index contributed by atoms with van der Waals surface area (Å²) >= 11 is 5.93. The fourth-order valence-electron chi connectivity index (χ4n) is 2.44. The Bertz CT molecular complexity index is 542. The lowest BCUT2D eigenvalue weighted by molar-refractivity contribution is -0.157.